The van der Waals surface area contributed by atoms with Crippen LogP contribution in [0, 0.1) is 0 Å². The Morgan fingerprint density at radius 1 is 1.56 bits per heavy atom. The average molecular weight is 292 g/mol. The van der Waals surface area contributed by atoms with E-state index in [0.717, 1.165) is 4.88 Å². The predicted molar refractivity (Wildman–Crippen MR) is 74.7 cm³/mol. The van der Waals surface area contributed by atoms with Gasteiger partial charge in [0.2, 0.25) is 11.8 Å². The molecule has 7 heteroatoms. The minimum absolute atomic E-state index is 0. The maximum absolute atomic E-state index is 11.5. The molecule has 1 heterocycles. The zero-order valence-electron chi connectivity index (χ0n) is 10.4. The Morgan fingerprint density at radius 2 is 2.22 bits per heavy atom. The molecular weight excluding hydrogens is 274 g/mol. The summed E-state index contributed by atoms with van der Waals surface area (Å²) in [5, 5.41) is 4.70. The van der Waals surface area contributed by atoms with Crippen LogP contribution in [0.25, 0.3) is 0 Å². The maximum Gasteiger partial charge on any atom is 0.239 e. The van der Waals surface area contributed by atoms with Crippen LogP contribution < -0.4 is 11.1 Å². The molecule has 0 saturated heterocycles. The first-order chi connectivity index (χ1) is 8.00. The monoisotopic (exact) mass is 291 g/mol. The number of nitrogens with zero attached hydrogens (tertiary/aromatic N) is 1. The third-order valence-electron chi connectivity index (χ3n) is 2.19. The average Bonchev–Trinajstić information content (AvgIpc) is 2.77. The van der Waals surface area contributed by atoms with Gasteiger partial charge in [0.15, 0.2) is 0 Å². The zero-order chi connectivity index (χ0) is 12.8. The summed E-state index contributed by atoms with van der Waals surface area (Å²) < 4.78 is 0. The molecule has 1 rings (SSSR count). The largest absolute Gasteiger partial charge is 0.350 e. The van der Waals surface area contributed by atoms with E-state index in [4.69, 9.17) is 5.73 Å². The number of amides is 2. The van der Waals surface area contributed by atoms with Crippen LogP contribution in [0.15, 0.2) is 17.5 Å². The van der Waals surface area contributed by atoms with E-state index >= 15 is 0 Å². The fraction of sp³-hybridized carbons (Fsp3) is 0.455. The number of hydrogen-bond acceptors (Lipinski definition) is 4. The zero-order valence-corrected chi connectivity index (χ0v) is 12.0. The Labute approximate surface area is 117 Å². The second kappa shape index (κ2) is 8.07. The Bertz CT molecular complexity index is 382. The Kier molecular flexibility index (Phi) is 7.58. The van der Waals surface area contributed by atoms with Crippen molar-refractivity contribution in [2.45, 2.75) is 19.5 Å². The molecule has 3 N–H and O–H groups in total. The SMILES string of the molecule is C[C@@H](N)C(=O)N(C)CC(=O)NCc1cccs1.Cl. The van der Waals surface area contributed by atoms with Gasteiger partial charge in [-0.1, -0.05) is 6.07 Å². The molecule has 5 nitrogen and oxygen atoms in total. The van der Waals surface area contributed by atoms with Crippen molar-refractivity contribution in [1.29, 1.82) is 0 Å². The standard InChI is InChI=1S/C11H17N3O2S.ClH/c1-8(12)11(16)14(2)7-10(15)13-6-9-4-3-5-17-9;/h3-5,8H,6-7,12H2,1-2H3,(H,13,15);1H/t8-;/m1./s1. The molecule has 1 atom stereocenters. The summed E-state index contributed by atoms with van der Waals surface area (Å²) in [6.07, 6.45) is 0. The van der Waals surface area contributed by atoms with Crippen molar-refractivity contribution in [2.24, 2.45) is 5.73 Å². The Balaban J connectivity index is 0.00000289. The summed E-state index contributed by atoms with van der Waals surface area (Å²) in [5.41, 5.74) is 5.44. The first kappa shape index (κ1) is 16.9. The van der Waals surface area contributed by atoms with Crippen LogP contribution in [0.4, 0.5) is 0 Å². The van der Waals surface area contributed by atoms with Gasteiger partial charge < -0.3 is 16.0 Å². The van der Waals surface area contributed by atoms with Crippen molar-refractivity contribution in [3.63, 3.8) is 0 Å². The topological polar surface area (TPSA) is 75.4 Å². The molecule has 0 radical (unpaired) electrons. The first-order valence-electron chi connectivity index (χ1n) is 5.30. The predicted octanol–water partition coefficient (Wildman–Crippen LogP) is 0.592. The van der Waals surface area contributed by atoms with Crippen molar-refractivity contribution in [1.82, 2.24) is 10.2 Å². The van der Waals surface area contributed by atoms with E-state index in [0.29, 0.717) is 6.54 Å². The minimum Gasteiger partial charge on any atom is -0.350 e. The number of thiophene rings is 1. The van der Waals surface area contributed by atoms with E-state index in [2.05, 4.69) is 5.32 Å². The number of nitrogens with one attached hydrogen (secondary N) is 1. The lowest BCUT2D eigenvalue weighted by molar-refractivity contribution is -0.135. The highest BCUT2D eigenvalue weighted by Crippen LogP contribution is 2.07. The van der Waals surface area contributed by atoms with Gasteiger partial charge in [0.05, 0.1) is 19.1 Å². The summed E-state index contributed by atoms with van der Waals surface area (Å²) in [6, 6.07) is 3.30. The molecular formula is C11H18ClN3O2S. The lowest BCUT2D eigenvalue weighted by Gasteiger charge is -2.18. The van der Waals surface area contributed by atoms with Crippen LogP contribution in [0.5, 0.6) is 0 Å². The van der Waals surface area contributed by atoms with Crippen molar-refractivity contribution >= 4 is 35.6 Å². The fourth-order valence-electron chi connectivity index (χ4n) is 1.30. The van der Waals surface area contributed by atoms with Gasteiger partial charge in [-0.3, -0.25) is 9.59 Å². The lowest BCUT2D eigenvalue weighted by atomic mass is 10.3. The number of likely N-dealkylation sites (N-methyl/N-ethyl adjacent to an activating group) is 1. The Morgan fingerprint density at radius 3 is 2.72 bits per heavy atom. The quantitative estimate of drug-likeness (QED) is 0.834. The minimum atomic E-state index is -0.579. The highest BCUT2D eigenvalue weighted by atomic mass is 35.5. The van der Waals surface area contributed by atoms with Crippen LogP contribution in [0.3, 0.4) is 0 Å². The van der Waals surface area contributed by atoms with Crippen molar-refractivity contribution in [3.8, 4) is 0 Å². The summed E-state index contributed by atoms with van der Waals surface area (Å²) in [6.45, 7) is 2.13. The molecule has 0 fully saturated rings. The number of halogens is 1. The van der Waals surface area contributed by atoms with Gasteiger partial charge in [-0.2, -0.15) is 0 Å². The molecule has 0 aliphatic heterocycles. The van der Waals surface area contributed by atoms with Gasteiger partial charge in [-0.05, 0) is 18.4 Å². The van der Waals surface area contributed by atoms with E-state index < -0.39 is 6.04 Å². The lowest BCUT2D eigenvalue weighted by Crippen LogP contribution is -2.44. The number of hydrogen-bond donors (Lipinski definition) is 2. The van der Waals surface area contributed by atoms with Crippen molar-refractivity contribution < 1.29 is 9.59 Å². The van der Waals surface area contributed by atoms with Gasteiger partial charge in [0, 0.05) is 11.9 Å². The summed E-state index contributed by atoms with van der Waals surface area (Å²) >= 11 is 1.58. The number of nitrogens with two attached hydrogens (primary N) is 1. The molecule has 102 valence electrons. The molecule has 0 aromatic carbocycles. The van der Waals surface area contributed by atoms with Crippen molar-refractivity contribution in [2.75, 3.05) is 13.6 Å². The van der Waals surface area contributed by atoms with E-state index in [9.17, 15) is 9.59 Å². The van der Waals surface area contributed by atoms with Gasteiger partial charge >= 0.3 is 0 Å². The van der Waals surface area contributed by atoms with Crippen LogP contribution >= 0.6 is 23.7 Å². The normalized spacial score (nSPS) is 11.3. The third-order valence-corrected chi connectivity index (χ3v) is 3.06. The van der Waals surface area contributed by atoms with E-state index in [-0.39, 0.29) is 30.8 Å². The van der Waals surface area contributed by atoms with Crippen LogP contribution in [-0.4, -0.2) is 36.3 Å². The summed E-state index contributed by atoms with van der Waals surface area (Å²) in [4.78, 5) is 25.4. The van der Waals surface area contributed by atoms with Crippen LogP contribution in [-0.2, 0) is 16.1 Å². The molecule has 2 amide bonds. The van der Waals surface area contributed by atoms with Crippen LogP contribution in [0.2, 0.25) is 0 Å². The van der Waals surface area contributed by atoms with Gasteiger partial charge in [-0.15, -0.1) is 23.7 Å². The van der Waals surface area contributed by atoms with Gasteiger partial charge in [0.1, 0.15) is 0 Å². The second-order valence-electron chi connectivity index (χ2n) is 3.84. The highest BCUT2D eigenvalue weighted by molar-refractivity contribution is 7.09. The molecule has 0 bridgehead atoms. The smallest absolute Gasteiger partial charge is 0.239 e. The fourth-order valence-corrected chi connectivity index (χ4v) is 1.94. The molecule has 1 aromatic heterocycles. The molecule has 1 aromatic rings. The van der Waals surface area contributed by atoms with Gasteiger partial charge in [-0.25, -0.2) is 0 Å². The van der Waals surface area contributed by atoms with E-state index in [1.807, 2.05) is 17.5 Å². The maximum atomic E-state index is 11.5. The first-order valence-corrected chi connectivity index (χ1v) is 6.18. The number of carbonyl (C=O) groups excluding carboxylic acids is 2. The summed E-state index contributed by atoms with van der Waals surface area (Å²) in [7, 11) is 1.57. The molecule has 0 spiro atoms. The third kappa shape index (κ3) is 5.48. The molecule has 0 aliphatic carbocycles. The Hall–Kier alpha value is -1.11. The number of carbonyl (C=O) groups is 2. The van der Waals surface area contributed by atoms with Crippen LogP contribution in [0.1, 0.15) is 11.8 Å². The molecule has 0 saturated carbocycles. The van der Waals surface area contributed by atoms with Gasteiger partial charge in [0.25, 0.3) is 0 Å². The van der Waals surface area contributed by atoms with Crippen molar-refractivity contribution in [3.05, 3.63) is 22.4 Å². The molecule has 18 heavy (non-hydrogen) atoms. The van der Waals surface area contributed by atoms with E-state index in [1.165, 1.54) is 4.90 Å². The molecule has 0 unspecified atom stereocenters. The highest BCUT2D eigenvalue weighted by Gasteiger charge is 2.15. The molecule has 0 aliphatic rings. The van der Waals surface area contributed by atoms with E-state index in [1.54, 1.807) is 25.3 Å². The number of rotatable bonds is 5. The second-order valence-corrected chi connectivity index (χ2v) is 4.87. The summed E-state index contributed by atoms with van der Waals surface area (Å²) in [5.74, 6) is -0.425.